The number of rotatable bonds is 5. The van der Waals surface area contributed by atoms with Crippen LogP contribution in [0.3, 0.4) is 0 Å². The average Bonchev–Trinajstić information content (AvgIpc) is 3.26. The first-order chi connectivity index (χ1) is 12.0. The maximum Gasteiger partial charge on any atom is 0.257 e. The number of piperazine rings is 1. The molecule has 1 N–H and O–H groups in total. The largest absolute Gasteiger partial charge is 0.336 e. The van der Waals surface area contributed by atoms with Crippen LogP contribution in [0.4, 0.5) is 5.13 Å². The van der Waals surface area contributed by atoms with Gasteiger partial charge in [-0.15, -0.1) is 10.2 Å². The molecule has 1 saturated heterocycles. The van der Waals surface area contributed by atoms with Crippen molar-refractivity contribution in [2.45, 2.75) is 19.9 Å². The Kier molecular flexibility index (Phi) is 5.39. The Hall–Kier alpha value is -2.33. The first-order valence-electron chi connectivity index (χ1n) is 8.14. The van der Waals surface area contributed by atoms with Crippen molar-refractivity contribution < 1.29 is 9.59 Å². The number of hydrogen-bond donors (Lipinski definition) is 1. The third kappa shape index (κ3) is 4.40. The molecule has 2 aromatic heterocycles. The molecule has 0 spiro atoms. The number of nitrogens with one attached hydrogen (secondary N) is 1. The van der Waals surface area contributed by atoms with E-state index in [0.717, 1.165) is 0 Å². The fourth-order valence-corrected chi connectivity index (χ4v) is 3.07. The number of nitrogens with zero attached hydrogens (tertiary/aromatic N) is 6. The molecule has 9 nitrogen and oxygen atoms in total. The second kappa shape index (κ2) is 7.70. The summed E-state index contributed by atoms with van der Waals surface area (Å²) in [6.07, 6.45) is 3.40. The zero-order valence-electron chi connectivity index (χ0n) is 14.3. The molecule has 3 heterocycles. The van der Waals surface area contributed by atoms with Gasteiger partial charge in [0.25, 0.3) is 5.91 Å². The minimum Gasteiger partial charge on any atom is -0.336 e. The van der Waals surface area contributed by atoms with Gasteiger partial charge in [0.05, 0.1) is 18.3 Å². The molecule has 2 amide bonds. The predicted octanol–water partition coefficient (Wildman–Crippen LogP) is 0.712. The van der Waals surface area contributed by atoms with Crippen molar-refractivity contribution in [1.29, 1.82) is 0 Å². The molecule has 3 rings (SSSR count). The Bertz CT molecular complexity index is 720. The van der Waals surface area contributed by atoms with Crippen molar-refractivity contribution in [2.75, 3.05) is 38.0 Å². The van der Waals surface area contributed by atoms with E-state index in [-0.39, 0.29) is 24.4 Å². The number of anilines is 1. The summed E-state index contributed by atoms with van der Waals surface area (Å²) in [6, 6.07) is 0.227. The van der Waals surface area contributed by atoms with E-state index >= 15 is 0 Å². The third-order valence-corrected chi connectivity index (χ3v) is 4.62. The highest BCUT2D eigenvalue weighted by atomic mass is 32.1. The molecule has 0 aromatic carbocycles. The molecule has 134 valence electrons. The van der Waals surface area contributed by atoms with Crippen LogP contribution in [0.2, 0.25) is 0 Å². The molecule has 1 fully saturated rings. The van der Waals surface area contributed by atoms with Crippen LogP contribution in [0.15, 0.2) is 17.9 Å². The second-order valence-corrected chi connectivity index (χ2v) is 7.00. The van der Waals surface area contributed by atoms with Crippen molar-refractivity contribution in [1.82, 2.24) is 29.8 Å². The van der Waals surface area contributed by atoms with E-state index in [1.807, 2.05) is 18.7 Å². The fourth-order valence-electron chi connectivity index (χ4n) is 2.61. The molecule has 0 aliphatic carbocycles. The lowest BCUT2D eigenvalue weighted by molar-refractivity contribution is -0.117. The Balaban J connectivity index is 1.47. The van der Waals surface area contributed by atoms with Gasteiger partial charge in [-0.25, -0.2) is 0 Å². The first-order valence-corrected chi connectivity index (χ1v) is 9.02. The van der Waals surface area contributed by atoms with Gasteiger partial charge in [-0.05, 0) is 13.8 Å². The normalized spacial score (nSPS) is 15.6. The molecule has 0 unspecified atom stereocenters. The van der Waals surface area contributed by atoms with E-state index in [0.29, 0.717) is 36.9 Å². The highest BCUT2D eigenvalue weighted by Crippen LogP contribution is 2.12. The Labute approximate surface area is 149 Å². The zero-order valence-corrected chi connectivity index (χ0v) is 15.1. The lowest BCUT2D eigenvalue weighted by Gasteiger charge is -2.34. The van der Waals surface area contributed by atoms with Crippen LogP contribution in [0.25, 0.3) is 0 Å². The van der Waals surface area contributed by atoms with Crippen LogP contribution in [0, 0.1) is 0 Å². The number of amides is 2. The van der Waals surface area contributed by atoms with Crippen LogP contribution in [-0.2, 0) is 4.79 Å². The van der Waals surface area contributed by atoms with Crippen molar-refractivity contribution in [3.8, 4) is 0 Å². The van der Waals surface area contributed by atoms with Crippen molar-refractivity contribution in [3.63, 3.8) is 0 Å². The summed E-state index contributed by atoms with van der Waals surface area (Å²) >= 11 is 1.29. The van der Waals surface area contributed by atoms with Gasteiger partial charge in [-0.2, -0.15) is 5.10 Å². The first kappa shape index (κ1) is 17.5. The number of aromatic nitrogens is 4. The van der Waals surface area contributed by atoms with Gasteiger partial charge in [0.1, 0.15) is 5.51 Å². The molecule has 2 aromatic rings. The molecular formula is C15H21N7O2S. The maximum absolute atomic E-state index is 12.5. The van der Waals surface area contributed by atoms with Crippen LogP contribution in [0.5, 0.6) is 0 Å². The molecule has 1 aliphatic heterocycles. The number of hydrogen-bond acceptors (Lipinski definition) is 7. The molecule has 10 heteroatoms. The Morgan fingerprint density at radius 2 is 2.04 bits per heavy atom. The second-order valence-electron chi connectivity index (χ2n) is 6.16. The topological polar surface area (TPSA) is 96.2 Å². The Morgan fingerprint density at radius 3 is 2.64 bits per heavy atom. The number of carbonyl (C=O) groups is 2. The van der Waals surface area contributed by atoms with Crippen LogP contribution in [0.1, 0.15) is 30.2 Å². The van der Waals surface area contributed by atoms with Crippen molar-refractivity contribution in [2.24, 2.45) is 0 Å². The molecule has 1 aliphatic rings. The third-order valence-electron chi connectivity index (χ3n) is 4.01. The minimum atomic E-state index is -0.116. The lowest BCUT2D eigenvalue weighted by Crippen LogP contribution is -2.50. The highest BCUT2D eigenvalue weighted by molar-refractivity contribution is 7.13. The van der Waals surface area contributed by atoms with Gasteiger partial charge >= 0.3 is 0 Å². The monoisotopic (exact) mass is 363 g/mol. The standard InChI is InChI=1S/C15H21N7O2S/c1-11(2)22-8-12(7-17-22)14(24)21-5-3-20(4-6-21)9-13(23)18-15-19-16-10-25-15/h7-8,10-11H,3-6,9H2,1-2H3,(H,18,19,23). The average molecular weight is 363 g/mol. The maximum atomic E-state index is 12.5. The quantitative estimate of drug-likeness (QED) is 0.841. The summed E-state index contributed by atoms with van der Waals surface area (Å²) in [7, 11) is 0. The van der Waals surface area contributed by atoms with Crippen LogP contribution in [-0.4, -0.2) is 74.3 Å². The lowest BCUT2D eigenvalue weighted by atomic mass is 10.2. The zero-order chi connectivity index (χ0) is 17.8. The van der Waals surface area contributed by atoms with Crippen molar-refractivity contribution in [3.05, 3.63) is 23.5 Å². The van der Waals surface area contributed by atoms with E-state index in [1.165, 1.54) is 11.3 Å². The SMILES string of the molecule is CC(C)n1cc(C(=O)N2CCN(CC(=O)Nc3nncs3)CC2)cn1. The molecular weight excluding hydrogens is 342 g/mol. The van der Waals surface area contributed by atoms with Gasteiger partial charge in [0.15, 0.2) is 0 Å². The van der Waals surface area contributed by atoms with Gasteiger partial charge in [-0.3, -0.25) is 24.5 Å². The highest BCUT2D eigenvalue weighted by Gasteiger charge is 2.24. The van der Waals surface area contributed by atoms with E-state index in [1.54, 1.807) is 27.5 Å². The van der Waals surface area contributed by atoms with Gasteiger partial charge in [0.2, 0.25) is 11.0 Å². The van der Waals surface area contributed by atoms with Gasteiger partial charge < -0.3 is 4.90 Å². The smallest absolute Gasteiger partial charge is 0.257 e. The van der Waals surface area contributed by atoms with E-state index in [2.05, 4.69) is 20.6 Å². The van der Waals surface area contributed by atoms with Gasteiger partial charge in [0, 0.05) is 38.4 Å². The fraction of sp³-hybridized carbons (Fsp3) is 0.533. The van der Waals surface area contributed by atoms with Gasteiger partial charge in [-0.1, -0.05) is 11.3 Å². The van der Waals surface area contributed by atoms with Crippen LogP contribution < -0.4 is 5.32 Å². The Morgan fingerprint density at radius 1 is 1.28 bits per heavy atom. The number of carbonyl (C=O) groups excluding carboxylic acids is 2. The molecule has 0 atom stereocenters. The van der Waals surface area contributed by atoms with Crippen molar-refractivity contribution >= 4 is 28.3 Å². The summed E-state index contributed by atoms with van der Waals surface area (Å²) < 4.78 is 1.78. The summed E-state index contributed by atoms with van der Waals surface area (Å²) in [6.45, 7) is 6.84. The summed E-state index contributed by atoms with van der Waals surface area (Å²) in [5.41, 5.74) is 2.18. The summed E-state index contributed by atoms with van der Waals surface area (Å²) in [5, 5.41) is 14.9. The molecule has 0 bridgehead atoms. The molecule has 0 radical (unpaired) electrons. The van der Waals surface area contributed by atoms with E-state index in [9.17, 15) is 9.59 Å². The van der Waals surface area contributed by atoms with Crippen LogP contribution >= 0.6 is 11.3 Å². The molecule has 25 heavy (non-hydrogen) atoms. The summed E-state index contributed by atoms with van der Waals surface area (Å²) in [4.78, 5) is 28.3. The predicted molar refractivity (Wildman–Crippen MR) is 93.5 cm³/mol. The summed E-state index contributed by atoms with van der Waals surface area (Å²) in [5.74, 6) is -0.125. The van der Waals surface area contributed by atoms with E-state index in [4.69, 9.17) is 0 Å². The molecule has 0 saturated carbocycles. The van der Waals surface area contributed by atoms with E-state index < -0.39 is 0 Å². The minimum absolute atomic E-state index is 0.00939.